The zero-order chi connectivity index (χ0) is 13.0. The van der Waals surface area contributed by atoms with Crippen LogP contribution in [0.3, 0.4) is 0 Å². The van der Waals surface area contributed by atoms with Gasteiger partial charge in [0.15, 0.2) is 0 Å². The van der Waals surface area contributed by atoms with E-state index >= 15 is 0 Å². The molecule has 0 bridgehead atoms. The van der Waals surface area contributed by atoms with Crippen LogP contribution in [-0.2, 0) is 0 Å². The Balaban J connectivity index is 2.24. The molecular formula is C14H14N4. The molecule has 0 amide bonds. The van der Waals surface area contributed by atoms with Crippen LogP contribution in [0.2, 0.25) is 0 Å². The first-order valence-corrected chi connectivity index (χ1v) is 5.75. The standard InChI is InChI=1S/C14H14N4/c1-10-3-4-13(9-15)14(17-10)18-11(2)12-5-7-16-8-6-12/h3-8,11H,1-2H3,(H,17,18)/t11-/m0/s1. The van der Waals surface area contributed by atoms with Gasteiger partial charge in [-0.05, 0) is 43.7 Å². The van der Waals surface area contributed by atoms with Crippen molar-refractivity contribution in [3.8, 4) is 6.07 Å². The highest BCUT2D eigenvalue weighted by Crippen LogP contribution is 2.20. The second kappa shape index (κ2) is 5.28. The lowest BCUT2D eigenvalue weighted by Gasteiger charge is -2.15. The van der Waals surface area contributed by atoms with E-state index in [1.807, 2.05) is 32.0 Å². The van der Waals surface area contributed by atoms with Gasteiger partial charge in [-0.1, -0.05) is 0 Å². The number of rotatable bonds is 3. The molecule has 0 fully saturated rings. The van der Waals surface area contributed by atoms with Crippen LogP contribution in [0.15, 0.2) is 36.7 Å². The van der Waals surface area contributed by atoms with Crippen molar-refractivity contribution in [2.24, 2.45) is 0 Å². The quantitative estimate of drug-likeness (QED) is 0.893. The van der Waals surface area contributed by atoms with Gasteiger partial charge in [-0.3, -0.25) is 4.98 Å². The molecule has 0 aromatic carbocycles. The molecule has 0 unspecified atom stereocenters. The first kappa shape index (κ1) is 12.1. The average Bonchev–Trinajstić information content (AvgIpc) is 2.40. The third-order valence-electron chi connectivity index (χ3n) is 2.71. The Morgan fingerprint density at radius 2 is 1.94 bits per heavy atom. The summed E-state index contributed by atoms with van der Waals surface area (Å²) in [5.74, 6) is 0.627. The van der Waals surface area contributed by atoms with Gasteiger partial charge in [0.1, 0.15) is 11.9 Å². The molecule has 90 valence electrons. The predicted octanol–water partition coefficient (Wildman–Crippen LogP) is 2.83. The van der Waals surface area contributed by atoms with Crippen LogP contribution >= 0.6 is 0 Å². The van der Waals surface area contributed by atoms with Crippen molar-refractivity contribution >= 4 is 5.82 Å². The summed E-state index contributed by atoms with van der Waals surface area (Å²) in [6.07, 6.45) is 3.50. The predicted molar refractivity (Wildman–Crippen MR) is 70.0 cm³/mol. The molecule has 0 saturated heterocycles. The lowest BCUT2D eigenvalue weighted by molar-refractivity contribution is 0.867. The maximum atomic E-state index is 9.05. The minimum Gasteiger partial charge on any atom is -0.362 e. The molecule has 2 heterocycles. The second-order valence-electron chi connectivity index (χ2n) is 4.11. The number of nitrogens with one attached hydrogen (secondary N) is 1. The van der Waals surface area contributed by atoms with Gasteiger partial charge in [-0.2, -0.15) is 5.26 Å². The number of aromatic nitrogens is 2. The van der Waals surface area contributed by atoms with E-state index in [4.69, 9.17) is 5.26 Å². The summed E-state index contributed by atoms with van der Waals surface area (Å²) >= 11 is 0. The van der Waals surface area contributed by atoms with E-state index in [9.17, 15) is 0 Å². The normalized spacial score (nSPS) is 11.6. The van der Waals surface area contributed by atoms with Gasteiger partial charge in [0.25, 0.3) is 0 Å². The molecule has 0 aliphatic heterocycles. The smallest absolute Gasteiger partial charge is 0.144 e. The molecule has 2 aromatic rings. The third kappa shape index (κ3) is 2.64. The first-order chi connectivity index (χ1) is 8.70. The topological polar surface area (TPSA) is 61.6 Å². The fourth-order valence-corrected chi connectivity index (χ4v) is 1.70. The van der Waals surface area contributed by atoms with Crippen molar-refractivity contribution in [3.05, 3.63) is 53.5 Å². The Kier molecular flexibility index (Phi) is 3.54. The second-order valence-corrected chi connectivity index (χ2v) is 4.11. The highest BCUT2D eigenvalue weighted by atomic mass is 15.0. The van der Waals surface area contributed by atoms with Crippen molar-refractivity contribution in [1.82, 2.24) is 9.97 Å². The third-order valence-corrected chi connectivity index (χ3v) is 2.71. The monoisotopic (exact) mass is 238 g/mol. The number of nitriles is 1. The number of pyridine rings is 2. The minimum atomic E-state index is 0.0781. The molecule has 1 N–H and O–H groups in total. The SMILES string of the molecule is Cc1ccc(C#N)c(N[C@@H](C)c2ccncc2)n1. The Bertz CT molecular complexity index is 572. The van der Waals surface area contributed by atoms with Crippen LogP contribution in [0, 0.1) is 18.3 Å². The van der Waals surface area contributed by atoms with Gasteiger partial charge in [-0.25, -0.2) is 4.98 Å². The minimum absolute atomic E-state index is 0.0781. The first-order valence-electron chi connectivity index (χ1n) is 5.75. The zero-order valence-electron chi connectivity index (χ0n) is 10.4. The molecule has 2 aromatic heterocycles. The van der Waals surface area contributed by atoms with Crippen LogP contribution in [0.25, 0.3) is 0 Å². The Morgan fingerprint density at radius 3 is 2.61 bits per heavy atom. The van der Waals surface area contributed by atoms with E-state index < -0.39 is 0 Å². The number of aryl methyl sites for hydroxylation is 1. The lowest BCUT2D eigenvalue weighted by atomic mass is 10.1. The van der Waals surface area contributed by atoms with E-state index in [1.165, 1.54) is 0 Å². The van der Waals surface area contributed by atoms with Crippen LogP contribution in [-0.4, -0.2) is 9.97 Å². The van der Waals surface area contributed by atoms with Crippen molar-refractivity contribution in [2.45, 2.75) is 19.9 Å². The Hall–Kier alpha value is -2.41. The Morgan fingerprint density at radius 1 is 1.22 bits per heavy atom. The largest absolute Gasteiger partial charge is 0.362 e. The molecular weight excluding hydrogens is 224 g/mol. The summed E-state index contributed by atoms with van der Waals surface area (Å²) in [6.45, 7) is 3.93. The van der Waals surface area contributed by atoms with Crippen LogP contribution in [0.5, 0.6) is 0 Å². The van der Waals surface area contributed by atoms with Gasteiger partial charge >= 0.3 is 0 Å². The van der Waals surface area contributed by atoms with E-state index in [0.717, 1.165) is 11.3 Å². The van der Waals surface area contributed by atoms with Crippen LogP contribution in [0.1, 0.15) is 29.8 Å². The summed E-state index contributed by atoms with van der Waals surface area (Å²) in [5, 5.41) is 12.3. The van der Waals surface area contributed by atoms with Crippen molar-refractivity contribution in [1.29, 1.82) is 5.26 Å². The molecule has 0 saturated carbocycles. The van der Waals surface area contributed by atoms with Gasteiger partial charge < -0.3 is 5.32 Å². The molecule has 1 atom stereocenters. The van der Waals surface area contributed by atoms with Gasteiger partial charge in [0.05, 0.1) is 11.6 Å². The molecule has 0 radical (unpaired) electrons. The van der Waals surface area contributed by atoms with Crippen molar-refractivity contribution in [3.63, 3.8) is 0 Å². The summed E-state index contributed by atoms with van der Waals surface area (Å²) in [5.41, 5.74) is 2.55. The van der Waals surface area contributed by atoms with Crippen LogP contribution < -0.4 is 5.32 Å². The number of hydrogen-bond donors (Lipinski definition) is 1. The highest BCUT2D eigenvalue weighted by Gasteiger charge is 2.09. The summed E-state index contributed by atoms with van der Waals surface area (Å²) in [4.78, 5) is 8.35. The molecule has 4 nitrogen and oxygen atoms in total. The molecule has 18 heavy (non-hydrogen) atoms. The average molecular weight is 238 g/mol. The molecule has 2 rings (SSSR count). The summed E-state index contributed by atoms with van der Waals surface area (Å²) in [7, 11) is 0. The maximum absolute atomic E-state index is 9.05. The Labute approximate surface area is 106 Å². The van der Waals surface area contributed by atoms with Crippen molar-refractivity contribution < 1.29 is 0 Å². The summed E-state index contributed by atoms with van der Waals surface area (Å²) < 4.78 is 0. The van der Waals surface area contributed by atoms with E-state index in [2.05, 4.69) is 21.4 Å². The fraction of sp³-hybridized carbons (Fsp3) is 0.214. The van der Waals surface area contributed by atoms with Gasteiger partial charge in [0, 0.05) is 18.1 Å². The van der Waals surface area contributed by atoms with Crippen molar-refractivity contribution in [2.75, 3.05) is 5.32 Å². The number of nitrogens with zero attached hydrogens (tertiary/aromatic N) is 3. The van der Waals surface area contributed by atoms with Gasteiger partial charge in [-0.15, -0.1) is 0 Å². The van der Waals surface area contributed by atoms with E-state index in [1.54, 1.807) is 18.5 Å². The van der Waals surface area contributed by atoms with Crippen LogP contribution in [0.4, 0.5) is 5.82 Å². The molecule has 0 spiro atoms. The molecule has 4 heteroatoms. The zero-order valence-corrected chi connectivity index (χ0v) is 10.4. The highest BCUT2D eigenvalue weighted by molar-refractivity contribution is 5.53. The number of anilines is 1. The molecule has 0 aliphatic rings. The molecule has 0 aliphatic carbocycles. The fourth-order valence-electron chi connectivity index (χ4n) is 1.70. The van der Waals surface area contributed by atoms with Gasteiger partial charge in [0.2, 0.25) is 0 Å². The lowest BCUT2D eigenvalue weighted by Crippen LogP contribution is -2.09. The maximum Gasteiger partial charge on any atom is 0.144 e. The van der Waals surface area contributed by atoms with E-state index in [0.29, 0.717) is 11.4 Å². The summed E-state index contributed by atoms with van der Waals surface area (Å²) in [6, 6.07) is 9.72. The van der Waals surface area contributed by atoms with E-state index in [-0.39, 0.29) is 6.04 Å². The number of hydrogen-bond acceptors (Lipinski definition) is 4.